The molecule has 0 bridgehead atoms. The van der Waals surface area contributed by atoms with E-state index in [1.165, 1.54) is 6.07 Å². The molecular weight excluding hydrogens is 387 g/mol. The van der Waals surface area contributed by atoms with Gasteiger partial charge in [-0.3, -0.25) is 4.79 Å². The summed E-state index contributed by atoms with van der Waals surface area (Å²) in [6.45, 7) is 0.461. The normalized spacial score (nSPS) is 11.4. The molecule has 0 fully saturated rings. The summed E-state index contributed by atoms with van der Waals surface area (Å²) in [6.07, 6.45) is -0.150. The Balaban J connectivity index is 1.42. The third-order valence-electron chi connectivity index (χ3n) is 3.97. The van der Waals surface area contributed by atoms with Gasteiger partial charge in [-0.25, -0.2) is 4.68 Å². The van der Waals surface area contributed by atoms with Crippen molar-refractivity contribution >= 4 is 17.7 Å². The van der Waals surface area contributed by atoms with Gasteiger partial charge in [0.25, 0.3) is 0 Å². The van der Waals surface area contributed by atoms with Crippen LogP contribution in [0.1, 0.15) is 11.1 Å². The molecule has 1 heterocycles. The number of aromatic nitrogens is 2. The number of rotatable bonds is 7. The van der Waals surface area contributed by atoms with Crippen LogP contribution in [0.2, 0.25) is 0 Å². The summed E-state index contributed by atoms with van der Waals surface area (Å²) in [5.41, 5.74) is 1.31. The average molecular weight is 405 g/mol. The minimum absolute atomic E-state index is 0.0690. The first kappa shape index (κ1) is 20.0. The standard InChI is InChI=1S/C20H18F3N3OS/c21-20(22,23)16-3-1-4-18(13-16)28-14-19(27)24-11-9-15-5-7-17(8-6-15)26-12-2-10-25-26/h1-8,10,12-13H,9,11,14H2,(H,24,27). The zero-order valence-electron chi connectivity index (χ0n) is 14.8. The monoisotopic (exact) mass is 405 g/mol. The van der Waals surface area contributed by atoms with Crippen LogP contribution in [0.4, 0.5) is 13.2 Å². The number of benzene rings is 2. The zero-order chi connectivity index (χ0) is 20.0. The fourth-order valence-corrected chi connectivity index (χ4v) is 3.33. The van der Waals surface area contributed by atoms with Gasteiger partial charge in [-0.1, -0.05) is 18.2 Å². The Hall–Kier alpha value is -2.74. The molecule has 1 aromatic heterocycles. The SMILES string of the molecule is O=C(CSc1cccc(C(F)(F)F)c1)NCCc1ccc(-n2cccn2)cc1. The van der Waals surface area contributed by atoms with Gasteiger partial charge in [-0.15, -0.1) is 11.8 Å². The van der Waals surface area contributed by atoms with Gasteiger partial charge in [0.2, 0.25) is 5.91 Å². The van der Waals surface area contributed by atoms with E-state index in [-0.39, 0.29) is 11.7 Å². The van der Waals surface area contributed by atoms with E-state index < -0.39 is 11.7 Å². The third-order valence-corrected chi connectivity index (χ3v) is 4.97. The number of amides is 1. The van der Waals surface area contributed by atoms with Crippen molar-refractivity contribution in [1.29, 1.82) is 0 Å². The Morgan fingerprint density at radius 3 is 2.57 bits per heavy atom. The van der Waals surface area contributed by atoms with Crippen molar-refractivity contribution in [3.63, 3.8) is 0 Å². The lowest BCUT2D eigenvalue weighted by Gasteiger charge is -2.09. The van der Waals surface area contributed by atoms with E-state index in [0.29, 0.717) is 17.9 Å². The Bertz CT molecular complexity index is 909. The molecule has 0 aliphatic carbocycles. The maximum Gasteiger partial charge on any atom is 0.416 e. The van der Waals surface area contributed by atoms with Crippen LogP contribution in [0.15, 0.2) is 71.9 Å². The van der Waals surface area contributed by atoms with E-state index in [1.54, 1.807) is 16.9 Å². The van der Waals surface area contributed by atoms with Crippen molar-refractivity contribution in [2.45, 2.75) is 17.5 Å². The Morgan fingerprint density at radius 2 is 1.89 bits per heavy atom. The molecule has 3 aromatic rings. The molecule has 0 aliphatic heterocycles. The lowest BCUT2D eigenvalue weighted by Crippen LogP contribution is -2.27. The molecule has 0 aliphatic rings. The molecule has 0 atom stereocenters. The predicted octanol–water partition coefficient (Wildman–Crippen LogP) is 4.34. The molecule has 3 rings (SSSR count). The van der Waals surface area contributed by atoms with E-state index in [9.17, 15) is 18.0 Å². The van der Waals surface area contributed by atoms with Crippen molar-refractivity contribution in [1.82, 2.24) is 15.1 Å². The van der Waals surface area contributed by atoms with Crippen LogP contribution in [0.25, 0.3) is 5.69 Å². The van der Waals surface area contributed by atoms with Crippen LogP contribution in [-0.2, 0) is 17.4 Å². The molecule has 0 saturated carbocycles. The average Bonchev–Trinajstić information content (AvgIpc) is 3.21. The van der Waals surface area contributed by atoms with Crippen molar-refractivity contribution < 1.29 is 18.0 Å². The van der Waals surface area contributed by atoms with Crippen LogP contribution < -0.4 is 5.32 Å². The maximum absolute atomic E-state index is 12.7. The number of nitrogens with one attached hydrogen (secondary N) is 1. The summed E-state index contributed by atoms with van der Waals surface area (Å²) in [7, 11) is 0. The second-order valence-corrected chi connectivity index (χ2v) is 7.08. The van der Waals surface area contributed by atoms with Gasteiger partial charge in [-0.05, 0) is 48.4 Å². The number of alkyl halides is 3. The Kier molecular flexibility index (Phi) is 6.41. The predicted molar refractivity (Wildman–Crippen MR) is 102 cm³/mol. The fraction of sp³-hybridized carbons (Fsp3) is 0.200. The summed E-state index contributed by atoms with van der Waals surface area (Å²) >= 11 is 1.08. The summed E-state index contributed by atoms with van der Waals surface area (Å²) in [4.78, 5) is 12.3. The molecule has 4 nitrogen and oxygen atoms in total. The number of hydrogen-bond acceptors (Lipinski definition) is 3. The summed E-state index contributed by atoms with van der Waals surface area (Å²) in [5, 5.41) is 6.95. The number of hydrogen-bond donors (Lipinski definition) is 1. The molecule has 146 valence electrons. The highest BCUT2D eigenvalue weighted by molar-refractivity contribution is 8.00. The van der Waals surface area contributed by atoms with Crippen LogP contribution in [0.3, 0.4) is 0 Å². The topological polar surface area (TPSA) is 46.9 Å². The summed E-state index contributed by atoms with van der Waals surface area (Å²) < 4.78 is 39.9. The molecular formula is C20H18F3N3OS. The van der Waals surface area contributed by atoms with Crippen LogP contribution >= 0.6 is 11.8 Å². The minimum Gasteiger partial charge on any atom is -0.355 e. The Morgan fingerprint density at radius 1 is 1.11 bits per heavy atom. The molecule has 0 saturated heterocycles. The number of carbonyl (C=O) groups is 1. The highest BCUT2D eigenvalue weighted by atomic mass is 32.2. The van der Waals surface area contributed by atoms with Crippen molar-refractivity contribution in [2.75, 3.05) is 12.3 Å². The van der Waals surface area contributed by atoms with Gasteiger partial charge >= 0.3 is 6.18 Å². The molecule has 28 heavy (non-hydrogen) atoms. The molecule has 2 aromatic carbocycles. The highest BCUT2D eigenvalue weighted by Crippen LogP contribution is 2.31. The van der Waals surface area contributed by atoms with Gasteiger partial charge in [0.05, 0.1) is 17.0 Å². The largest absolute Gasteiger partial charge is 0.416 e. The second kappa shape index (κ2) is 8.97. The van der Waals surface area contributed by atoms with Crippen LogP contribution in [-0.4, -0.2) is 28.0 Å². The molecule has 1 N–H and O–H groups in total. The second-order valence-electron chi connectivity index (χ2n) is 6.03. The van der Waals surface area contributed by atoms with Gasteiger partial charge in [0.15, 0.2) is 0 Å². The van der Waals surface area contributed by atoms with Crippen LogP contribution in [0, 0.1) is 0 Å². The molecule has 8 heteroatoms. The molecule has 0 unspecified atom stereocenters. The zero-order valence-corrected chi connectivity index (χ0v) is 15.6. The minimum atomic E-state index is -4.38. The first-order chi connectivity index (χ1) is 13.4. The quantitative estimate of drug-likeness (QED) is 0.595. The van der Waals surface area contributed by atoms with Crippen molar-refractivity contribution in [3.05, 3.63) is 78.1 Å². The van der Waals surface area contributed by atoms with Gasteiger partial charge in [-0.2, -0.15) is 18.3 Å². The van der Waals surface area contributed by atoms with E-state index in [1.807, 2.05) is 36.5 Å². The first-order valence-electron chi connectivity index (χ1n) is 8.57. The number of halogens is 3. The molecule has 0 spiro atoms. The Labute approximate surface area is 164 Å². The first-order valence-corrected chi connectivity index (χ1v) is 9.56. The fourth-order valence-electron chi connectivity index (χ4n) is 2.55. The van der Waals surface area contributed by atoms with Gasteiger partial charge in [0, 0.05) is 23.8 Å². The lowest BCUT2D eigenvalue weighted by atomic mass is 10.1. The number of carbonyl (C=O) groups excluding carboxylic acids is 1. The molecule has 1 amide bonds. The number of nitrogens with zero attached hydrogens (tertiary/aromatic N) is 2. The van der Waals surface area contributed by atoms with E-state index in [2.05, 4.69) is 10.4 Å². The molecule has 0 radical (unpaired) electrons. The van der Waals surface area contributed by atoms with Gasteiger partial charge in [0.1, 0.15) is 0 Å². The number of thioether (sulfide) groups is 1. The summed E-state index contributed by atoms with van der Waals surface area (Å²) in [6, 6.07) is 14.7. The van der Waals surface area contributed by atoms with E-state index in [4.69, 9.17) is 0 Å². The van der Waals surface area contributed by atoms with Gasteiger partial charge < -0.3 is 5.32 Å². The van der Waals surface area contributed by atoms with Crippen LogP contribution in [0.5, 0.6) is 0 Å². The van der Waals surface area contributed by atoms with E-state index in [0.717, 1.165) is 35.1 Å². The maximum atomic E-state index is 12.7. The van der Waals surface area contributed by atoms with E-state index >= 15 is 0 Å². The third kappa shape index (κ3) is 5.63. The van der Waals surface area contributed by atoms with Crippen molar-refractivity contribution in [3.8, 4) is 5.69 Å². The smallest absolute Gasteiger partial charge is 0.355 e. The van der Waals surface area contributed by atoms with Crippen molar-refractivity contribution in [2.24, 2.45) is 0 Å². The summed E-state index contributed by atoms with van der Waals surface area (Å²) in [5.74, 6) is -0.143. The lowest BCUT2D eigenvalue weighted by molar-refractivity contribution is -0.137. The highest BCUT2D eigenvalue weighted by Gasteiger charge is 2.30.